The number of likely N-dealkylation sites (tertiary alicyclic amines) is 2. The van der Waals surface area contributed by atoms with Crippen LogP contribution >= 0.6 is 0 Å². The van der Waals surface area contributed by atoms with Crippen molar-refractivity contribution in [1.82, 2.24) is 24.9 Å². The van der Waals surface area contributed by atoms with E-state index in [1.54, 1.807) is 16.8 Å². The second-order valence-corrected chi connectivity index (χ2v) is 11.7. The molecule has 10 heteroatoms. The molecule has 3 aromatic rings. The van der Waals surface area contributed by atoms with E-state index in [2.05, 4.69) is 15.3 Å². The largest absolute Gasteiger partial charge is 0.394 e. The predicted molar refractivity (Wildman–Crippen MR) is 145 cm³/mol. The Labute approximate surface area is 227 Å². The zero-order valence-electron chi connectivity index (χ0n) is 22.5. The minimum atomic E-state index is -0.798. The molecular formula is C29H36FN5O4. The molecule has 2 bridgehead atoms. The fourth-order valence-corrected chi connectivity index (χ4v) is 5.76. The van der Waals surface area contributed by atoms with Crippen LogP contribution in [0.3, 0.4) is 0 Å². The van der Waals surface area contributed by atoms with Crippen molar-refractivity contribution < 1.29 is 24.2 Å². The maximum absolute atomic E-state index is 13.8. The summed E-state index contributed by atoms with van der Waals surface area (Å²) in [6, 6.07) is 13.0. The molecule has 208 valence electrons. The molecule has 39 heavy (non-hydrogen) atoms. The number of fused-ring (bicyclic) bond motifs is 3. The average Bonchev–Trinajstić information content (AvgIpc) is 3.60. The standard InChI is InChI=1S/C29H36FN5O4/c1-29(2,3)26(28(39)34-15-20-12-21(34)14-33(20)16-22(37)17-36)31-27(38)25-23-6-4-5-7-24(23)35(32-25)13-18-8-10-19(30)11-9-18/h4-11,20-22,26,36-37H,12-17H2,1-3H3,(H,31,38)/t20-,21-,22?,26-/m1/s1. The number of aromatic nitrogens is 2. The zero-order valence-corrected chi connectivity index (χ0v) is 22.5. The number of carbonyl (C=O) groups excluding carboxylic acids is 2. The van der Waals surface area contributed by atoms with Crippen molar-refractivity contribution in [3.8, 4) is 0 Å². The number of hydrogen-bond acceptors (Lipinski definition) is 6. The van der Waals surface area contributed by atoms with Crippen LogP contribution in [-0.2, 0) is 11.3 Å². The Morgan fingerprint density at radius 2 is 1.82 bits per heavy atom. The van der Waals surface area contributed by atoms with Crippen LogP contribution in [0.4, 0.5) is 4.39 Å². The SMILES string of the molecule is CC(C)(C)[C@H](NC(=O)c1nn(Cc2ccc(F)cc2)c2ccccc12)C(=O)N1C[C@H]2C[C@@H]1CN2CC(O)CO. The van der Waals surface area contributed by atoms with Gasteiger partial charge in [0, 0.05) is 37.1 Å². The maximum Gasteiger partial charge on any atom is 0.273 e. The molecule has 2 aliphatic heterocycles. The summed E-state index contributed by atoms with van der Waals surface area (Å²) in [7, 11) is 0. The van der Waals surface area contributed by atoms with Gasteiger partial charge in [0.05, 0.1) is 24.8 Å². The third kappa shape index (κ3) is 5.54. The number of aliphatic hydroxyl groups excluding tert-OH is 2. The van der Waals surface area contributed by atoms with Crippen LogP contribution in [0.25, 0.3) is 10.9 Å². The van der Waals surface area contributed by atoms with Gasteiger partial charge in [-0.05, 0) is 35.6 Å². The van der Waals surface area contributed by atoms with Crippen molar-refractivity contribution >= 4 is 22.7 Å². The van der Waals surface area contributed by atoms with Crippen LogP contribution in [-0.4, -0.2) is 92.1 Å². The van der Waals surface area contributed by atoms with Gasteiger partial charge in [0.2, 0.25) is 5.91 Å². The number of benzene rings is 2. The van der Waals surface area contributed by atoms with Crippen LogP contribution in [0, 0.1) is 11.2 Å². The Morgan fingerprint density at radius 1 is 1.10 bits per heavy atom. The number of β-amino-alcohol motifs (C(OH)–C–C–N with tert-alkyl or cyclic N) is 1. The molecule has 5 rings (SSSR count). The van der Waals surface area contributed by atoms with E-state index in [0.717, 1.165) is 17.5 Å². The molecule has 0 radical (unpaired) electrons. The molecule has 3 N–H and O–H groups in total. The maximum atomic E-state index is 13.8. The van der Waals surface area contributed by atoms with E-state index in [9.17, 15) is 24.2 Å². The highest BCUT2D eigenvalue weighted by Crippen LogP contribution is 2.33. The van der Waals surface area contributed by atoms with Gasteiger partial charge < -0.3 is 20.4 Å². The Morgan fingerprint density at radius 3 is 2.46 bits per heavy atom. The number of nitrogens with one attached hydrogen (secondary N) is 1. The van der Waals surface area contributed by atoms with Gasteiger partial charge in [-0.25, -0.2) is 4.39 Å². The molecule has 3 heterocycles. The van der Waals surface area contributed by atoms with Gasteiger partial charge >= 0.3 is 0 Å². The number of rotatable bonds is 8. The number of amides is 2. The number of piperazine rings is 1. The van der Waals surface area contributed by atoms with Crippen LogP contribution < -0.4 is 5.32 Å². The lowest BCUT2D eigenvalue weighted by molar-refractivity contribution is -0.138. The molecule has 0 saturated carbocycles. The fourth-order valence-electron chi connectivity index (χ4n) is 5.76. The van der Waals surface area contributed by atoms with Crippen molar-refractivity contribution in [3.63, 3.8) is 0 Å². The Balaban J connectivity index is 1.35. The first-order chi connectivity index (χ1) is 18.5. The summed E-state index contributed by atoms with van der Waals surface area (Å²) in [5.74, 6) is -0.862. The van der Waals surface area contributed by atoms with E-state index in [0.29, 0.717) is 31.6 Å². The molecule has 2 amide bonds. The van der Waals surface area contributed by atoms with Gasteiger partial charge in [-0.2, -0.15) is 5.10 Å². The summed E-state index contributed by atoms with van der Waals surface area (Å²) in [6.45, 7) is 7.41. The van der Waals surface area contributed by atoms with Gasteiger partial charge in [-0.15, -0.1) is 0 Å². The molecule has 1 aromatic heterocycles. The summed E-state index contributed by atoms with van der Waals surface area (Å²) in [6.07, 6.45) is 0.0143. The average molecular weight is 538 g/mol. The first kappa shape index (κ1) is 27.2. The quantitative estimate of drug-likeness (QED) is 0.406. The molecule has 0 aliphatic carbocycles. The Bertz CT molecular complexity index is 1350. The first-order valence-electron chi connectivity index (χ1n) is 13.4. The number of aliphatic hydroxyl groups is 2. The normalized spacial score (nSPS) is 20.9. The lowest BCUT2D eigenvalue weighted by Crippen LogP contribution is -2.59. The van der Waals surface area contributed by atoms with Crippen LogP contribution in [0.2, 0.25) is 0 Å². The summed E-state index contributed by atoms with van der Waals surface area (Å²) in [5.41, 5.74) is 1.31. The molecule has 2 saturated heterocycles. The van der Waals surface area contributed by atoms with Gasteiger partial charge in [-0.3, -0.25) is 19.2 Å². The van der Waals surface area contributed by atoms with E-state index >= 15 is 0 Å². The molecule has 2 aromatic carbocycles. The Hall–Kier alpha value is -3.34. The van der Waals surface area contributed by atoms with E-state index in [-0.39, 0.29) is 36.1 Å². The number of halogens is 1. The smallest absolute Gasteiger partial charge is 0.273 e. The summed E-state index contributed by atoms with van der Waals surface area (Å²) in [4.78, 5) is 31.4. The fraction of sp³-hybridized carbons (Fsp3) is 0.483. The van der Waals surface area contributed by atoms with Gasteiger partial charge in [-0.1, -0.05) is 51.1 Å². The summed E-state index contributed by atoms with van der Waals surface area (Å²) in [5, 5.41) is 27.3. The monoisotopic (exact) mass is 537 g/mol. The second kappa shape index (κ2) is 10.7. The highest BCUT2D eigenvalue weighted by molar-refractivity contribution is 6.06. The highest BCUT2D eigenvalue weighted by atomic mass is 19.1. The molecule has 2 aliphatic rings. The first-order valence-corrected chi connectivity index (χ1v) is 13.4. The third-order valence-corrected chi connectivity index (χ3v) is 7.80. The molecule has 9 nitrogen and oxygen atoms in total. The lowest BCUT2D eigenvalue weighted by Gasteiger charge is -2.39. The van der Waals surface area contributed by atoms with Crippen LogP contribution in [0.5, 0.6) is 0 Å². The van der Waals surface area contributed by atoms with E-state index < -0.39 is 23.5 Å². The summed E-state index contributed by atoms with van der Waals surface area (Å²) < 4.78 is 15.1. The van der Waals surface area contributed by atoms with Crippen molar-refractivity contribution in [2.45, 2.75) is 58.0 Å². The van der Waals surface area contributed by atoms with Crippen LogP contribution in [0.15, 0.2) is 48.5 Å². The molecule has 0 spiro atoms. The number of nitrogens with zero attached hydrogens (tertiary/aromatic N) is 4. The number of carbonyl (C=O) groups is 2. The molecule has 2 fully saturated rings. The predicted octanol–water partition coefficient (Wildman–Crippen LogP) is 2.01. The lowest BCUT2D eigenvalue weighted by atomic mass is 9.85. The van der Waals surface area contributed by atoms with E-state index in [1.807, 2.05) is 49.9 Å². The Kier molecular flexibility index (Phi) is 7.45. The van der Waals surface area contributed by atoms with Gasteiger partial charge in [0.15, 0.2) is 5.69 Å². The van der Waals surface area contributed by atoms with E-state index in [4.69, 9.17) is 0 Å². The molecule has 4 atom stereocenters. The minimum absolute atomic E-state index is 0.00546. The van der Waals surface area contributed by atoms with Crippen molar-refractivity contribution in [3.05, 3.63) is 65.6 Å². The van der Waals surface area contributed by atoms with Crippen LogP contribution in [0.1, 0.15) is 43.2 Å². The second-order valence-electron chi connectivity index (χ2n) is 11.7. The third-order valence-electron chi connectivity index (χ3n) is 7.80. The summed E-state index contributed by atoms with van der Waals surface area (Å²) >= 11 is 0. The van der Waals surface area contributed by atoms with E-state index in [1.165, 1.54) is 12.1 Å². The topological polar surface area (TPSA) is 111 Å². The number of hydrogen-bond donors (Lipinski definition) is 3. The van der Waals surface area contributed by atoms with Gasteiger partial charge in [0.25, 0.3) is 5.91 Å². The zero-order chi connectivity index (χ0) is 27.9. The number of para-hydroxylation sites is 1. The van der Waals surface area contributed by atoms with Crippen molar-refractivity contribution in [2.24, 2.45) is 5.41 Å². The molecular weight excluding hydrogens is 501 g/mol. The van der Waals surface area contributed by atoms with Crippen molar-refractivity contribution in [1.29, 1.82) is 0 Å². The van der Waals surface area contributed by atoms with Crippen molar-refractivity contribution in [2.75, 3.05) is 26.2 Å². The highest BCUT2D eigenvalue weighted by Gasteiger charge is 2.48. The minimum Gasteiger partial charge on any atom is -0.394 e. The van der Waals surface area contributed by atoms with Gasteiger partial charge in [0.1, 0.15) is 11.9 Å². The molecule has 1 unspecified atom stereocenters.